The first-order chi connectivity index (χ1) is 9.29. The number of H-pyrrole nitrogens is 1. The number of carbonyl (C=O) groups is 1. The van der Waals surface area contributed by atoms with Crippen molar-refractivity contribution in [1.82, 2.24) is 14.9 Å². The molecular formula is C14H17N3OS. The summed E-state index contributed by atoms with van der Waals surface area (Å²) in [4.78, 5) is 22.1. The van der Waals surface area contributed by atoms with Gasteiger partial charge in [-0.2, -0.15) is 0 Å². The van der Waals surface area contributed by atoms with E-state index in [4.69, 9.17) is 0 Å². The van der Waals surface area contributed by atoms with Crippen LogP contribution in [0.25, 0.3) is 0 Å². The molecular weight excluding hydrogens is 258 g/mol. The van der Waals surface area contributed by atoms with Gasteiger partial charge in [0, 0.05) is 23.8 Å². The quantitative estimate of drug-likeness (QED) is 0.936. The van der Waals surface area contributed by atoms with Crippen LogP contribution in [0, 0.1) is 0 Å². The Morgan fingerprint density at radius 3 is 3.16 bits per heavy atom. The molecule has 0 bridgehead atoms. The highest BCUT2D eigenvalue weighted by Crippen LogP contribution is 2.33. The fourth-order valence-corrected chi connectivity index (χ4v) is 3.38. The normalized spacial score (nSPS) is 19.0. The second kappa shape index (κ2) is 5.17. The van der Waals surface area contributed by atoms with E-state index in [1.807, 2.05) is 28.6 Å². The van der Waals surface area contributed by atoms with Crippen molar-refractivity contribution in [3.63, 3.8) is 0 Å². The molecule has 1 aliphatic rings. The maximum Gasteiger partial charge on any atom is 0.270 e. The van der Waals surface area contributed by atoms with Crippen molar-refractivity contribution in [3.8, 4) is 0 Å². The average molecular weight is 275 g/mol. The fourth-order valence-electron chi connectivity index (χ4n) is 2.59. The molecule has 0 unspecified atom stereocenters. The number of rotatable bonds is 3. The van der Waals surface area contributed by atoms with Crippen LogP contribution in [-0.4, -0.2) is 27.3 Å². The number of aromatic amines is 1. The number of hydrogen-bond donors (Lipinski definition) is 1. The van der Waals surface area contributed by atoms with Crippen molar-refractivity contribution in [2.45, 2.75) is 32.2 Å². The van der Waals surface area contributed by atoms with Crippen molar-refractivity contribution in [2.75, 3.05) is 6.54 Å². The summed E-state index contributed by atoms with van der Waals surface area (Å²) in [5, 5.41) is 3.02. The first kappa shape index (κ1) is 12.4. The Kier molecular flexibility index (Phi) is 3.38. The van der Waals surface area contributed by atoms with Crippen LogP contribution >= 0.6 is 11.3 Å². The van der Waals surface area contributed by atoms with Crippen LogP contribution < -0.4 is 0 Å². The number of amides is 1. The zero-order valence-corrected chi connectivity index (χ0v) is 11.7. The van der Waals surface area contributed by atoms with Crippen molar-refractivity contribution in [1.29, 1.82) is 0 Å². The van der Waals surface area contributed by atoms with E-state index in [2.05, 4.69) is 16.9 Å². The third kappa shape index (κ3) is 2.30. The van der Waals surface area contributed by atoms with Gasteiger partial charge in [-0.3, -0.25) is 4.79 Å². The molecule has 4 nitrogen and oxygen atoms in total. The van der Waals surface area contributed by atoms with Gasteiger partial charge >= 0.3 is 0 Å². The molecule has 1 aliphatic heterocycles. The Morgan fingerprint density at radius 2 is 2.47 bits per heavy atom. The number of likely N-dealkylation sites (tertiary alicyclic amines) is 1. The molecule has 0 saturated carbocycles. The second-order valence-electron chi connectivity index (χ2n) is 4.78. The molecule has 1 N–H and O–H groups in total. The maximum absolute atomic E-state index is 12.6. The van der Waals surface area contributed by atoms with E-state index in [0.717, 1.165) is 36.5 Å². The molecule has 3 heterocycles. The van der Waals surface area contributed by atoms with Gasteiger partial charge in [0.1, 0.15) is 10.7 Å². The molecule has 0 aliphatic carbocycles. The summed E-state index contributed by atoms with van der Waals surface area (Å²) in [5.41, 5.74) is 1.80. The number of nitrogens with one attached hydrogen (secondary N) is 1. The molecule has 100 valence electrons. The van der Waals surface area contributed by atoms with Gasteiger partial charge in [-0.25, -0.2) is 4.98 Å². The summed E-state index contributed by atoms with van der Waals surface area (Å²) >= 11 is 1.63. The molecule has 0 radical (unpaired) electrons. The zero-order valence-electron chi connectivity index (χ0n) is 10.9. The van der Waals surface area contributed by atoms with E-state index in [9.17, 15) is 4.79 Å². The predicted octanol–water partition coefficient (Wildman–Crippen LogP) is 3.01. The second-order valence-corrected chi connectivity index (χ2v) is 5.70. The first-order valence-corrected chi connectivity index (χ1v) is 7.56. The first-order valence-electron chi connectivity index (χ1n) is 6.68. The zero-order chi connectivity index (χ0) is 13.2. The van der Waals surface area contributed by atoms with Crippen LogP contribution in [0.3, 0.4) is 0 Å². The summed E-state index contributed by atoms with van der Waals surface area (Å²) in [6.07, 6.45) is 4.80. The lowest BCUT2D eigenvalue weighted by Gasteiger charge is -2.22. The van der Waals surface area contributed by atoms with Crippen molar-refractivity contribution >= 4 is 17.2 Å². The molecule has 1 fully saturated rings. The Balaban J connectivity index is 1.82. The van der Waals surface area contributed by atoms with Crippen molar-refractivity contribution in [2.24, 2.45) is 0 Å². The topological polar surface area (TPSA) is 49.0 Å². The molecule has 2 aromatic heterocycles. The van der Waals surface area contributed by atoms with Gasteiger partial charge in [-0.1, -0.05) is 6.92 Å². The van der Waals surface area contributed by atoms with Gasteiger partial charge in [0.2, 0.25) is 0 Å². The summed E-state index contributed by atoms with van der Waals surface area (Å²) in [6.45, 7) is 2.90. The molecule has 1 amide bonds. The highest BCUT2D eigenvalue weighted by atomic mass is 32.1. The molecule has 1 saturated heterocycles. The van der Waals surface area contributed by atoms with Gasteiger partial charge in [0.25, 0.3) is 5.91 Å². The van der Waals surface area contributed by atoms with Crippen molar-refractivity contribution in [3.05, 3.63) is 40.1 Å². The highest BCUT2D eigenvalue weighted by Gasteiger charge is 2.32. The number of thiazole rings is 1. The largest absolute Gasteiger partial charge is 0.354 e. The predicted molar refractivity (Wildman–Crippen MR) is 75.3 cm³/mol. The van der Waals surface area contributed by atoms with Crippen LogP contribution in [-0.2, 0) is 6.42 Å². The fraction of sp³-hybridized carbons (Fsp3) is 0.429. The molecule has 0 spiro atoms. The minimum atomic E-state index is 0.0948. The minimum Gasteiger partial charge on any atom is -0.354 e. The maximum atomic E-state index is 12.6. The van der Waals surface area contributed by atoms with E-state index < -0.39 is 0 Å². The van der Waals surface area contributed by atoms with Gasteiger partial charge in [-0.15, -0.1) is 11.3 Å². The van der Waals surface area contributed by atoms with Crippen LogP contribution in [0.15, 0.2) is 23.7 Å². The molecule has 1 atom stereocenters. The Morgan fingerprint density at radius 1 is 1.58 bits per heavy atom. The van der Waals surface area contributed by atoms with E-state index >= 15 is 0 Å². The third-order valence-corrected chi connectivity index (χ3v) is 4.48. The van der Waals surface area contributed by atoms with E-state index in [0.29, 0.717) is 5.69 Å². The standard InChI is InChI=1S/C14H17N3OS/c1-2-10-5-6-11(16-10)14(18)17-8-3-4-12(17)13-15-7-9-19-13/h5-7,9,12,16H,2-4,8H2,1H3/t12-/m1/s1. The summed E-state index contributed by atoms with van der Waals surface area (Å²) in [7, 11) is 0. The van der Waals surface area contributed by atoms with E-state index in [1.165, 1.54) is 0 Å². The summed E-state index contributed by atoms with van der Waals surface area (Å²) in [6, 6.07) is 4.03. The molecule has 5 heteroatoms. The lowest BCUT2D eigenvalue weighted by Crippen LogP contribution is -2.30. The Bertz CT molecular complexity index is 561. The number of carbonyl (C=O) groups excluding carboxylic acids is 1. The van der Waals surface area contributed by atoms with Crippen LogP contribution in [0.1, 0.15) is 47.0 Å². The lowest BCUT2D eigenvalue weighted by atomic mass is 10.2. The lowest BCUT2D eigenvalue weighted by molar-refractivity contribution is 0.0730. The van der Waals surface area contributed by atoms with Crippen molar-refractivity contribution < 1.29 is 4.79 Å². The van der Waals surface area contributed by atoms with Crippen LogP contribution in [0.5, 0.6) is 0 Å². The van der Waals surface area contributed by atoms with Gasteiger partial charge in [0.05, 0.1) is 6.04 Å². The molecule has 2 aromatic rings. The SMILES string of the molecule is CCc1ccc(C(=O)N2CCC[C@@H]2c2nccs2)[nH]1. The summed E-state index contributed by atoms with van der Waals surface area (Å²) in [5.74, 6) is 0.0948. The van der Waals surface area contributed by atoms with Crippen LogP contribution in [0.2, 0.25) is 0 Å². The minimum absolute atomic E-state index is 0.0948. The number of hydrogen-bond acceptors (Lipinski definition) is 3. The smallest absolute Gasteiger partial charge is 0.270 e. The molecule has 3 rings (SSSR count). The number of aromatic nitrogens is 2. The highest BCUT2D eigenvalue weighted by molar-refractivity contribution is 7.09. The number of aryl methyl sites for hydroxylation is 1. The third-order valence-electron chi connectivity index (χ3n) is 3.61. The molecule has 19 heavy (non-hydrogen) atoms. The van der Waals surface area contributed by atoms with Crippen LogP contribution in [0.4, 0.5) is 0 Å². The number of nitrogens with zero attached hydrogens (tertiary/aromatic N) is 2. The monoisotopic (exact) mass is 275 g/mol. The Hall–Kier alpha value is -1.62. The van der Waals surface area contributed by atoms with Gasteiger partial charge < -0.3 is 9.88 Å². The van der Waals surface area contributed by atoms with E-state index in [-0.39, 0.29) is 11.9 Å². The average Bonchev–Trinajstić information content (AvgIpc) is 3.16. The van der Waals surface area contributed by atoms with Gasteiger partial charge in [-0.05, 0) is 31.4 Å². The molecule has 0 aromatic carbocycles. The van der Waals surface area contributed by atoms with E-state index in [1.54, 1.807) is 11.3 Å². The Labute approximate surface area is 116 Å². The van der Waals surface area contributed by atoms with Gasteiger partial charge in [0.15, 0.2) is 0 Å². The summed E-state index contributed by atoms with van der Waals surface area (Å²) < 4.78 is 0.